The molecule has 3 heterocycles. The summed E-state index contributed by atoms with van der Waals surface area (Å²) in [6, 6.07) is 2.57. The van der Waals surface area contributed by atoms with E-state index in [0.717, 1.165) is 96.4 Å². The number of carbonyl (C=O) groups is 1. The van der Waals surface area contributed by atoms with Gasteiger partial charge in [-0.15, -0.1) is 0 Å². The lowest BCUT2D eigenvalue weighted by Gasteiger charge is -2.39. The number of aromatic amines is 1. The molecular weight excluding hydrogens is 502 g/mol. The van der Waals surface area contributed by atoms with Gasteiger partial charge in [0.1, 0.15) is 0 Å². The van der Waals surface area contributed by atoms with E-state index in [9.17, 15) is 9.59 Å². The first-order chi connectivity index (χ1) is 19.1. The average molecular weight is 546 g/mol. The van der Waals surface area contributed by atoms with Gasteiger partial charge < -0.3 is 24.3 Å². The van der Waals surface area contributed by atoms with Crippen molar-refractivity contribution in [3.05, 3.63) is 61.6 Å². The Hall–Kier alpha value is -3.06. The van der Waals surface area contributed by atoms with Gasteiger partial charge in [-0.25, -0.2) is 0 Å². The number of H-pyrrole nitrogens is 1. The highest BCUT2D eigenvalue weighted by Gasteiger charge is 2.49. The topological polar surface area (TPSA) is 74.9 Å². The van der Waals surface area contributed by atoms with Crippen LogP contribution in [-0.2, 0) is 13.0 Å². The van der Waals surface area contributed by atoms with E-state index in [2.05, 4.69) is 37.0 Å². The van der Waals surface area contributed by atoms with Crippen LogP contribution in [0.1, 0.15) is 95.7 Å². The average Bonchev–Trinajstić information content (AvgIpc) is 3.56. The van der Waals surface area contributed by atoms with Crippen LogP contribution in [0.5, 0.6) is 11.5 Å². The third kappa shape index (κ3) is 4.47. The van der Waals surface area contributed by atoms with Crippen LogP contribution < -0.4 is 15.0 Å². The Balaban J connectivity index is 1.37. The largest absolute Gasteiger partial charge is 0.448 e. The van der Waals surface area contributed by atoms with Gasteiger partial charge in [-0.1, -0.05) is 6.08 Å². The first kappa shape index (κ1) is 27.1. The van der Waals surface area contributed by atoms with Crippen molar-refractivity contribution in [2.24, 2.45) is 5.92 Å². The molecule has 7 heteroatoms. The zero-order valence-electron chi connectivity index (χ0n) is 24.9. The Kier molecular flexibility index (Phi) is 6.84. The molecule has 7 nitrogen and oxygen atoms in total. The summed E-state index contributed by atoms with van der Waals surface area (Å²) in [5.74, 6) is 1.11. The van der Waals surface area contributed by atoms with Gasteiger partial charge in [0, 0.05) is 47.8 Å². The third-order valence-electron chi connectivity index (χ3n) is 9.87. The Morgan fingerprint density at radius 1 is 1.02 bits per heavy atom. The normalized spacial score (nSPS) is 25.9. The predicted octanol–water partition coefficient (Wildman–Crippen LogP) is 5.67. The first-order valence-electron chi connectivity index (χ1n) is 15.0. The first-order valence-corrected chi connectivity index (χ1v) is 15.0. The molecule has 0 radical (unpaired) electrons. The molecule has 1 atom stereocenters. The summed E-state index contributed by atoms with van der Waals surface area (Å²) in [7, 11) is 4.33. The fraction of sp³-hybridized carbons (Fsp3) is 0.576. The lowest BCUT2D eigenvalue weighted by Crippen LogP contribution is -2.46. The van der Waals surface area contributed by atoms with Gasteiger partial charge in [0.15, 0.2) is 11.5 Å². The molecule has 1 unspecified atom stereocenters. The monoisotopic (exact) mass is 545 g/mol. The lowest BCUT2D eigenvalue weighted by molar-refractivity contribution is -0.123. The summed E-state index contributed by atoms with van der Waals surface area (Å²) in [6.45, 7) is 8.81. The van der Waals surface area contributed by atoms with Gasteiger partial charge in [-0.2, -0.15) is 0 Å². The highest BCUT2D eigenvalue weighted by Crippen LogP contribution is 2.55. The number of pyridine rings is 1. The van der Waals surface area contributed by atoms with Crippen molar-refractivity contribution in [1.29, 1.82) is 0 Å². The van der Waals surface area contributed by atoms with E-state index in [0.29, 0.717) is 30.6 Å². The molecule has 1 aromatic heterocycles. The molecule has 1 fully saturated rings. The zero-order chi connectivity index (χ0) is 28.3. The number of hydrogen-bond donors (Lipinski definition) is 1. The molecule has 4 aliphatic rings. The standard InChI is InChI=1S/C33H43N3O4/c1-19-17-20(2)34-31(37)26(19)18-36-16-15-25-27(32(36)38)21(3)29-30(28(25)22-9-7-8-10-22)40-33(4,39-29)23-11-13-24(14-12-23)35(5)6/h9,17,23-24H,7-8,10-16,18H2,1-6H3,(H,34,37). The number of rotatable bonds is 5. The Morgan fingerprint density at radius 2 is 1.75 bits per heavy atom. The molecule has 0 bridgehead atoms. The van der Waals surface area contributed by atoms with E-state index in [1.807, 2.05) is 31.7 Å². The molecular formula is C33H43N3O4. The molecule has 1 amide bonds. The van der Waals surface area contributed by atoms with Gasteiger partial charge in [-0.3, -0.25) is 9.59 Å². The number of ether oxygens (including phenoxy) is 2. The Morgan fingerprint density at radius 3 is 2.40 bits per heavy atom. The number of hydrogen-bond acceptors (Lipinski definition) is 5. The van der Waals surface area contributed by atoms with Crippen LogP contribution in [0.2, 0.25) is 0 Å². The van der Waals surface area contributed by atoms with Crippen molar-refractivity contribution in [3.63, 3.8) is 0 Å². The van der Waals surface area contributed by atoms with Crippen LogP contribution in [0.4, 0.5) is 0 Å². The van der Waals surface area contributed by atoms with Crippen molar-refractivity contribution < 1.29 is 14.3 Å². The van der Waals surface area contributed by atoms with Gasteiger partial charge in [0.05, 0.1) is 12.1 Å². The van der Waals surface area contributed by atoms with E-state index in [4.69, 9.17) is 9.47 Å². The van der Waals surface area contributed by atoms with E-state index < -0.39 is 5.79 Å². The van der Waals surface area contributed by atoms with Crippen molar-refractivity contribution in [2.45, 2.75) is 97.4 Å². The number of carbonyl (C=O) groups excluding carboxylic acids is 1. The fourth-order valence-corrected chi connectivity index (χ4v) is 7.52. The van der Waals surface area contributed by atoms with Crippen LogP contribution in [0, 0.1) is 26.7 Å². The minimum atomic E-state index is -0.739. The Bertz CT molecular complexity index is 1450. The number of fused-ring (bicyclic) bond motifs is 2. The maximum atomic E-state index is 14.2. The number of nitrogens with one attached hydrogen (secondary N) is 1. The molecule has 0 spiro atoms. The quantitative estimate of drug-likeness (QED) is 0.524. The van der Waals surface area contributed by atoms with Gasteiger partial charge >= 0.3 is 0 Å². The number of aromatic nitrogens is 1. The fourth-order valence-electron chi connectivity index (χ4n) is 7.52. The van der Waals surface area contributed by atoms with Crippen molar-refractivity contribution in [2.75, 3.05) is 20.6 Å². The molecule has 214 valence electrons. The van der Waals surface area contributed by atoms with Crippen molar-refractivity contribution in [3.8, 4) is 11.5 Å². The summed E-state index contributed by atoms with van der Waals surface area (Å²) < 4.78 is 13.7. The molecule has 6 rings (SSSR count). The number of allylic oxidation sites excluding steroid dienone is 2. The predicted molar refractivity (Wildman–Crippen MR) is 157 cm³/mol. The number of benzene rings is 1. The summed E-state index contributed by atoms with van der Waals surface area (Å²) in [6.07, 6.45) is 10.6. The van der Waals surface area contributed by atoms with Gasteiger partial charge in [-0.05, 0) is 109 Å². The summed E-state index contributed by atoms with van der Waals surface area (Å²) in [5, 5.41) is 0. The van der Waals surface area contributed by atoms with Crippen molar-refractivity contribution >= 4 is 11.5 Å². The minimum Gasteiger partial charge on any atom is -0.448 e. The van der Waals surface area contributed by atoms with E-state index in [1.165, 1.54) is 5.57 Å². The van der Waals surface area contributed by atoms with Crippen LogP contribution in [0.15, 0.2) is 16.9 Å². The van der Waals surface area contributed by atoms with Crippen molar-refractivity contribution in [1.82, 2.24) is 14.8 Å². The molecule has 2 aromatic rings. The molecule has 1 N–H and O–H groups in total. The van der Waals surface area contributed by atoms with E-state index in [1.54, 1.807) is 0 Å². The zero-order valence-corrected chi connectivity index (χ0v) is 24.9. The molecule has 2 aliphatic carbocycles. The lowest BCUT2D eigenvalue weighted by atomic mass is 9.81. The molecule has 1 saturated carbocycles. The molecule has 40 heavy (non-hydrogen) atoms. The number of aryl methyl sites for hydroxylation is 2. The molecule has 1 aromatic carbocycles. The summed E-state index contributed by atoms with van der Waals surface area (Å²) in [4.78, 5) is 34.0. The SMILES string of the molecule is Cc1cc(C)c(CN2CCc3c(c(C)c4c(c3C3=CCCC3)OC(C)(C3CCC(N(C)C)CC3)O4)C2=O)c(=O)[nH]1. The van der Waals surface area contributed by atoms with Crippen LogP contribution in [-0.4, -0.2) is 53.2 Å². The second-order valence-electron chi connectivity index (χ2n) is 12.7. The van der Waals surface area contributed by atoms with Crippen LogP contribution >= 0.6 is 0 Å². The highest BCUT2D eigenvalue weighted by atomic mass is 16.7. The smallest absolute Gasteiger partial charge is 0.254 e. The Labute approximate surface area is 237 Å². The van der Waals surface area contributed by atoms with E-state index in [-0.39, 0.29) is 11.5 Å². The van der Waals surface area contributed by atoms with Crippen LogP contribution in [0.3, 0.4) is 0 Å². The number of amides is 1. The third-order valence-corrected chi connectivity index (χ3v) is 9.87. The minimum absolute atomic E-state index is 0.0236. The van der Waals surface area contributed by atoms with E-state index >= 15 is 0 Å². The maximum absolute atomic E-state index is 14.2. The highest BCUT2D eigenvalue weighted by molar-refractivity contribution is 6.01. The summed E-state index contributed by atoms with van der Waals surface area (Å²) >= 11 is 0. The van der Waals surface area contributed by atoms with Crippen LogP contribution in [0.25, 0.3) is 5.57 Å². The summed E-state index contributed by atoms with van der Waals surface area (Å²) in [5.41, 5.74) is 7.34. The second-order valence-corrected chi connectivity index (χ2v) is 12.7. The second kappa shape index (κ2) is 10.1. The van der Waals surface area contributed by atoms with Gasteiger partial charge in [0.2, 0.25) is 0 Å². The maximum Gasteiger partial charge on any atom is 0.254 e. The molecule has 2 aliphatic heterocycles. The number of nitrogens with zero attached hydrogens (tertiary/aromatic N) is 2. The van der Waals surface area contributed by atoms with Gasteiger partial charge in [0.25, 0.3) is 17.3 Å². The molecule has 0 saturated heterocycles.